The van der Waals surface area contributed by atoms with Gasteiger partial charge in [-0.25, -0.2) is 13.6 Å². The average molecular weight is 744 g/mol. The fraction of sp³-hybridized carbons (Fsp3) is 0.465. The molecular formula is C43H55F2N5O4. The third-order valence-electron chi connectivity index (χ3n) is 9.23. The molecule has 2 unspecified atom stereocenters. The molecule has 3 amide bonds. The van der Waals surface area contributed by atoms with Crippen LogP contribution in [0.4, 0.5) is 13.6 Å². The summed E-state index contributed by atoms with van der Waals surface area (Å²) in [6.45, 7) is 12.0. The van der Waals surface area contributed by atoms with E-state index in [9.17, 15) is 23.2 Å². The molecule has 1 fully saturated rings. The number of ether oxygens (including phenoxy) is 1. The van der Waals surface area contributed by atoms with Crippen LogP contribution >= 0.6 is 0 Å². The molecule has 11 heteroatoms. The minimum absolute atomic E-state index is 0.0380. The molecule has 4 rings (SSSR count). The van der Waals surface area contributed by atoms with Crippen molar-refractivity contribution in [3.8, 4) is 11.8 Å². The van der Waals surface area contributed by atoms with Crippen LogP contribution in [0.2, 0.25) is 0 Å². The van der Waals surface area contributed by atoms with E-state index in [0.717, 1.165) is 48.4 Å². The van der Waals surface area contributed by atoms with Gasteiger partial charge in [0.15, 0.2) is 0 Å². The van der Waals surface area contributed by atoms with Crippen LogP contribution in [0, 0.1) is 30.4 Å². The van der Waals surface area contributed by atoms with Crippen molar-refractivity contribution < 1.29 is 27.9 Å². The van der Waals surface area contributed by atoms with E-state index in [1.54, 1.807) is 28.0 Å². The summed E-state index contributed by atoms with van der Waals surface area (Å²) in [6, 6.07) is 15.2. The monoisotopic (exact) mass is 743 g/mol. The first-order valence-electron chi connectivity index (χ1n) is 19.1. The van der Waals surface area contributed by atoms with Gasteiger partial charge in [-0.2, -0.15) is 0 Å². The highest BCUT2D eigenvalue weighted by molar-refractivity contribution is 6.00. The van der Waals surface area contributed by atoms with Gasteiger partial charge in [0.05, 0.1) is 6.04 Å². The molecule has 1 aliphatic rings. The lowest BCUT2D eigenvalue weighted by Crippen LogP contribution is -2.53. The minimum Gasteiger partial charge on any atom is -0.443 e. The summed E-state index contributed by atoms with van der Waals surface area (Å²) in [4.78, 5) is 46.8. The number of rotatable bonds is 16. The van der Waals surface area contributed by atoms with Gasteiger partial charge >= 0.3 is 6.09 Å². The van der Waals surface area contributed by atoms with Crippen molar-refractivity contribution in [2.24, 2.45) is 0 Å². The third-order valence-corrected chi connectivity index (χ3v) is 9.23. The number of hydrogen-bond acceptors (Lipinski definition) is 6. The molecule has 54 heavy (non-hydrogen) atoms. The van der Waals surface area contributed by atoms with Gasteiger partial charge in [-0.15, -0.1) is 0 Å². The number of hydrogen-bond donors (Lipinski definition) is 2. The van der Waals surface area contributed by atoms with Crippen LogP contribution in [0.3, 0.4) is 0 Å². The minimum atomic E-state index is -0.949. The highest BCUT2D eigenvalue weighted by Gasteiger charge is 2.31. The first kappa shape index (κ1) is 42.0. The number of aryl methyl sites for hydroxylation is 1. The van der Waals surface area contributed by atoms with E-state index in [2.05, 4.69) is 34.3 Å². The second kappa shape index (κ2) is 21.2. The van der Waals surface area contributed by atoms with Crippen molar-refractivity contribution >= 4 is 17.9 Å². The first-order chi connectivity index (χ1) is 26.0. The predicted molar refractivity (Wildman–Crippen MR) is 208 cm³/mol. The van der Waals surface area contributed by atoms with E-state index in [-0.39, 0.29) is 30.0 Å². The third kappa shape index (κ3) is 13.0. The van der Waals surface area contributed by atoms with E-state index in [4.69, 9.17) is 4.74 Å². The van der Waals surface area contributed by atoms with Gasteiger partial charge in [-0.3, -0.25) is 9.59 Å². The number of carbonyl (C=O) groups is 3. The van der Waals surface area contributed by atoms with E-state index >= 15 is 0 Å². The number of nitrogens with zero attached hydrogens (tertiary/aromatic N) is 3. The molecule has 2 atom stereocenters. The van der Waals surface area contributed by atoms with Crippen LogP contribution in [0.15, 0.2) is 60.7 Å². The van der Waals surface area contributed by atoms with E-state index in [0.29, 0.717) is 51.4 Å². The molecule has 0 aliphatic carbocycles. The Morgan fingerprint density at radius 2 is 1.56 bits per heavy atom. The van der Waals surface area contributed by atoms with Gasteiger partial charge in [0.1, 0.15) is 17.7 Å². The van der Waals surface area contributed by atoms with Gasteiger partial charge in [0.25, 0.3) is 11.8 Å². The number of benzene rings is 3. The maximum absolute atomic E-state index is 14.5. The quantitative estimate of drug-likeness (QED) is 0.161. The molecule has 0 aromatic heterocycles. The molecule has 1 saturated heterocycles. The molecule has 1 heterocycles. The fourth-order valence-corrected chi connectivity index (χ4v) is 6.45. The van der Waals surface area contributed by atoms with Crippen LogP contribution in [0.1, 0.15) is 89.4 Å². The number of halogens is 2. The van der Waals surface area contributed by atoms with E-state index in [1.165, 1.54) is 12.1 Å². The smallest absolute Gasteiger partial charge is 0.410 e. The molecule has 0 saturated carbocycles. The van der Waals surface area contributed by atoms with Gasteiger partial charge in [-0.05, 0) is 98.8 Å². The summed E-state index contributed by atoms with van der Waals surface area (Å²) in [7, 11) is 1.99. The van der Waals surface area contributed by atoms with Gasteiger partial charge in [-0.1, -0.05) is 44.7 Å². The summed E-state index contributed by atoms with van der Waals surface area (Å²) in [5.74, 6) is 4.17. The number of nitrogens with one attached hydrogen (secondary N) is 2. The van der Waals surface area contributed by atoms with Crippen LogP contribution in [-0.4, -0.2) is 97.6 Å². The Labute approximate surface area is 319 Å². The van der Waals surface area contributed by atoms with Crippen molar-refractivity contribution in [3.05, 3.63) is 106 Å². The van der Waals surface area contributed by atoms with Crippen LogP contribution in [0.5, 0.6) is 0 Å². The molecule has 1 aliphatic heterocycles. The van der Waals surface area contributed by atoms with Crippen LogP contribution < -0.4 is 10.6 Å². The Balaban J connectivity index is 1.66. The molecular weight excluding hydrogens is 688 g/mol. The fourth-order valence-electron chi connectivity index (χ4n) is 6.45. The van der Waals surface area contributed by atoms with Gasteiger partial charge in [0.2, 0.25) is 0 Å². The molecule has 9 nitrogen and oxygen atoms in total. The zero-order valence-electron chi connectivity index (χ0n) is 32.4. The molecule has 3 aromatic rings. The Morgan fingerprint density at radius 3 is 2.22 bits per heavy atom. The lowest BCUT2D eigenvalue weighted by Gasteiger charge is -2.34. The Bertz CT molecular complexity index is 1760. The Morgan fingerprint density at radius 1 is 0.870 bits per heavy atom. The van der Waals surface area contributed by atoms with Gasteiger partial charge in [0, 0.05) is 81.5 Å². The molecule has 0 bridgehead atoms. The molecule has 0 spiro atoms. The average Bonchev–Trinajstić information content (AvgIpc) is 3.13. The topological polar surface area (TPSA) is 94.2 Å². The highest BCUT2D eigenvalue weighted by Crippen LogP contribution is 2.18. The number of unbranched alkanes of at least 4 members (excludes halogenated alkanes) is 1. The normalized spacial score (nSPS) is 14.1. The van der Waals surface area contributed by atoms with Crippen molar-refractivity contribution in [2.75, 3.05) is 52.9 Å². The SMILES string of the molecule is CCCC#Cc1cccc(CNCC(OC(=O)N2CCN(C)CC2)C(Cc2cc(F)cc(F)c2)NC(=O)c2cc(C)cc(C(=O)N(CCC)CCC)c2)c1. The number of amides is 3. The summed E-state index contributed by atoms with van der Waals surface area (Å²) >= 11 is 0. The Kier molecular flexibility index (Phi) is 16.5. The zero-order chi connectivity index (χ0) is 39.0. The second-order valence-electron chi connectivity index (χ2n) is 14.0. The van der Waals surface area contributed by atoms with Crippen LogP contribution in [-0.2, 0) is 17.7 Å². The summed E-state index contributed by atoms with van der Waals surface area (Å²) in [5.41, 5.74) is 3.51. The Hall–Kier alpha value is -4.79. The molecule has 2 N–H and O–H groups in total. The van der Waals surface area contributed by atoms with Crippen molar-refractivity contribution in [1.82, 2.24) is 25.3 Å². The summed E-state index contributed by atoms with van der Waals surface area (Å²) in [6.07, 6.45) is 1.86. The van der Waals surface area contributed by atoms with E-state index in [1.807, 2.05) is 52.1 Å². The summed E-state index contributed by atoms with van der Waals surface area (Å²) in [5, 5.41) is 6.41. The highest BCUT2D eigenvalue weighted by atomic mass is 19.1. The molecule has 0 radical (unpaired) electrons. The van der Waals surface area contributed by atoms with E-state index < -0.39 is 35.8 Å². The second-order valence-corrected chi connectivity index (χ2v) is 14.0. The number of piperazine rings is 1. The zero-order valence-corrected chi connectivity index (χ0v) is 32.4. The molecule has 290 valence electrons. The number of carbonyl (C=O) groups excluding carboxylic acids is 3. The number of likely N-dealkylation sites (N-methyl/N-ethyl adjacent to an activating group) is 1. The van der Waals surface area contributed by atoms with Gasteiger partial charge < -0.3 is 30.1 Å². The van der Waals surface area contributed by atoms with Crippen molar-refractivity contribution in [3.63, 3.8) is 0 Å². The molecule has 3 aromatic carbocycles. The first-order valence-corrected chi connectivity index (χ1v) is 19.1. The predicted octanol–water partition coefficient (Wildman–Crippen LogP) is 6.57. The largest absolute Gasteiger partial charge is 0.443 e. The van der Waals surface area contributed by atoms with Crippen molar-refractivity contribution in [1.29, 1.82) is 0 Å². The summed E-state index contributed by atoms with van der Waals surface area (Å²) < 4.78 is 35.1. The lowest BCUT2D eigenvalue weighted by atomic mass is 9.99. The maximum Gasteiger partial charge on any atom is 0.410 e. The van der Waals surface area contributed by atoms with Crippen molar-refractivity contribution in [2.45, 2.75) is 78.5 Å². The maximum atomic E-state index is 14.5. The van der Waals surface area contributed by atoms with Crippen LogP contribution in [0.25, 0.3) is 0 Å². The standard InChI is InChI=1S/C43H55F2N5O4/c1-6-9-10-12-32-13-11-14-33(23-32)29-46-30-40(54-43(53)50-19-17-48(5)18-20-50)39(26-34-24-37(44)28-38(45)25-34)47-41(51)35-21-31(4)22-36(27-35)42(52)49(15-7-2)16-8-3/h11,13-14,21-25,27-28,39-40,46H,6-9,15-20,26,29-30H2,1-5H3,(H,47,51). The lowest BCUT2D eigenvalue weighted by molar-refractivity contribution is 0.0327.